The molecule has 0 radical (unpaired) electrons. The standard InChI is InChI=1S/C31H30ClN3O4S/c32-26-11-15-28(16-12-26)39-23-30(36)33-27-13-17-29(18-14-27)40(37,38)35-21-19-34(20-22-35)31(24-7-3-1-4-8-24)25-9-5-2-6-10-25/h1-18,31H,19-23H2,(H,33,36). The molecule has 1 aliphatic heterocycles. The van der Waals surface area contributed by atoms with E-state index in [2.05, 4.69) is 34.5 Å². The summed E-state index contributed by atoms with van der Waals surface area (Å²) >= 11 is 5.86. The number of piperazine rings is 1. The molecule has 0 bridgehead atoms. The van der Waals surface area contributed by atoms with E-state index >= 15 is 0 Å². The first-order chi connectivity index (χ1) is 19.4. The highest BCUT2D eigenvalue weighted by atomic mass is 35.5. The maximum absolute atomic E-state index is 13.4. The second-order valence-electron chi connectivity index (χ2n) is 9.48. The first-order valence-electron chi connectivity index (χ1n) is 13.0. The molecule has 0 spiro atoms. The van der Waals surface area contributed by atoms with Crippen LogP contribution >= 0.6 is 11.6 Å². The number of halogens is 1. The van der Waals surface area contributed by atoms with Gasteiger partial charge in [0.05, 0.1) is 10.9 Å². The summed E-state index contributed by atoms with van der Waals surface area (Å²) in [7, 11) is -3.68. The SMILES string of the molecule is O=C(COc1ccc(Cl)cc1)Nc1ccc(S(=O)(=O)N2CCN(C(c3ccccc3)c3ccccc3)CC2)cc1. The Morgan fingerprint density at radius 3 is 1.88 bits per heavy atom. The van der Waals surface area contributed by atoms with Crippen LogP contribution in [0.5, 0.6) is 5.75 Å². The summed E-state index contributed by atoms with van der Waals surface area (Å²) in [6.45, 7) is 1.81. The maximum atomic E-state index is 13.4. The number of hydrogen-bond donors (Lipinski definition) is 1. The fourth-order valence-electron chi connectivity index (χ4n) is 4.82. The molecule has 9 heteroatoms. The Morgan fingerprint density at radius 1 is 0.775 bits per heavy atom. The van der Waals surface area contributed by atoms with E-state index in [4.69, 9.17) is 16.3 Å². The lowest BCUT2D eigenvalue weighted by Gasteiger charge is -2.39. The van der Waals surface area contributed by atoms with E-state index in [1.54, 1.807) is 36.4 Å². The molecule has 5 rings (SSSR count). The Balaban J connectivity index is 1.19. The third-order valence-corrected chi connectivity index (χ3v) is 8.99. The van der Waals surface area contributed by atoms with Crippen LogP contribution in [0.2, 0.25) is 5.02 Å². The Morgan fingerprint density at radius 2 is 1.32 bits per heavy atom. The van der Waals surface area contributed by atoms with E-state index in [1.165, 1.54) is 27.6 Å². The van der Waals surface area contributed by atoms with Gasteiger partial charge in [0.2, 0.25) is 10.0 Å². The lowest BCUT2D eigenvalue weighted by molar-refractivity contribution is -0.118. The molecule has 7 nitrogen and oxygen atoms in total. The Labute approximate surface area is 240 Å². The molecule has 1 N–H and O–H groups in total. The zero-order chi connectivity index (χ0) is 28.0. The molecule has 0 aliphatic carbocycles. The van der Waals surface area contributed by atoms with Crippen molar-refractivity contribution in [3.05, 3.63) is 125 Å². The van der Waals surface area contributed by atoms with Crippen molar-refractivity contribution in [2.75, 3.05) is 38.1 Å². The summed E-state index contributed by atoms with van der Waals surface area (Å²) in [5, 5.41) is 3.31. The predicted molar refractivity (Wildman–Crippen MR) is 157 cm³/mol. The predicted octanol–water partition coefficient (Wildman–Crippen LogP) is 5.45. The zero-order valence-electron chi connectivity index (χ0n) is 21.8. The molecule has 4 aromatic carbocycles. The topological polar surface area (TPSA) is 78.9 Å². The number of hydrogen-bond acceptors (Lipinski definition) is 5. The van der Waals surface area contributed by atoms with Gasteiger partial charge in [0.15, 0.2) is 6.61 Å². The van der Waals surface area contributed by atoms with Gasteiger partial charge < -0.3 is 10.1 Å². The summed E-state index contributed by atoms with van der Waals surface area (Å²) in [6.07, 6.45) is 0. The lowest BCUT2D eigenvalue weighted by Crippen LogP contribution is -2.49. The van der Waals surface area contributed by atoms with Crippen molar-refractivity contribution in [3.63, 3.8) is 0 Å². The van der Waals surface area contributed by atoms with Crippen molar-refractivity contribution < 1.29 is 17.9 Å². The van der Waals surface area contributed by atoms with Gasteiger partial charge in [-0.2, -0.15) is 4.31 Å². The van der Waals surface area contributed by atoms with Crippen LogP contribution in [0.25, 0.3) is 0 Å². The van der Waals surface area contributed by atoms with E-state index < -0.39 is 10.0 Å². The molecule has 0 atom stereocenters. The molecule has 4 aromatic rings. The van der Waals surface area contributed by atoms with Crippen LogP contribution in [0.15, 0.2) is 114 Å². The number of carbonyl (C=O) groups excluding carboxylic acids is 1. The van der Waals surface area contributed by atoms with Crippen LogP contribution in [0.4, 0.5) is 5.69 Å². The van der Waals surface area contributed by atoms with Gasteiger partial charge in [-0.1, -0.05) is 72.3 Å². The van der Waals surface area contributed by atoms with E-state index in [9.17, 15) is 13.2 Å². The van der Waals surface area contributed by atoms with E-state index in [0.29, 0.717) is 42.6 Å². The first-order valence-corrected chi connectivity index (χ1v) is 14.8. The third kappa shape index (κ3) is 6.71. The average Bonchev–Trinajstić information content (AvgIpc) is 2.99. The van der Waals surface area contributed by atoms with Crippen molar-refractivity contribution in [2.45, 2.75) is 10.9 Å². The Kier molecular flexibility index (Phi) is 8.81. The van der Waals surface area contributed by atoms with Crippen LogP contribution in [-0.2, 0) is 14.8 Å². The fraction of sp³-hybridized carbons (Fsp3) is 0.194. The van der Waals surface area contributed by atoms with Gasteiger partial charge in [0.1, 0.15) is 5.75 Å². The van der Waals surface area contributed by atoms with Gasteiger partial charge in [0.25, 0.3) is 5.91 Å². The second kappa shape index (κ2) is 12.7. The highest BCUT2D eigenvalue weighted by molar-refractivity contribution is 7.89. The van der Waals surface area contributed by atoms with Gasteiger partial charge in [-0.3, -0.25) is 9.69 Å². The summed E-state index contributed by atoms with van der Waals surface area (Å²) in [6, 6.07) is 33.6. The van der Waals surface area contributed by atoms with Crippen molar-refractivity contribution in [3.8, 4) is 5.75 Å². The van der Waals surface area contributed by atoms with Crippen molar-refractivity contribution in [1.29, 1.82) is 0 Å². The minimum absolute atomic E-state index is 0.0545. The van der Waals surface area contributed by atoms with Crippen molar-refractivity contribution >= 4 is 33.2 Å². The Hall–Kier alpha value is -3.69. The quantitative estimate of drug-likeness (QED) is 0.287. The number of benzene rings is 4. The molecular formula is C31H30ClN3O4S. The minimum atomic E-state index is -3.68. The molecule has 1 heterocycles. The monoisotopic (exact) mass is 575 g/mol. The highest BCUT2D eigenvalue weighted by Gasteiger charge is 2.32. The number of nitrogens with one attached hydrogen (secondary N) is 1. The third-order valence-electron chi connectivity index (χ3n) is 6.83. The highest BCUT2D eigenvalue weighted by Crippen LogP contribution is 2.30. The number of sulfonamides is 1. The van der Waals surface area contributed by atoms with Gasteiger partial charge in [0, 0.05) is 36.9 Å². The molecule has 1 fully saturated rings. The normalized spacial score (nSPS) is 14.7. The van der Waals surface area contributed by atoms with E-state index in [1.807, 2.05) is 36.4 Å². The molecule has 1 aliphatic rings. The number of carbonyl (C=O) groups is 1. The van der Waals surface area contributed by atoms with Crippen molar-refractivity contribution in [2.24, 2.45) is 0 Å². The smallest absolute Gasteiger partial charge is 0.262 e. The van der Waals surface area contributed by atoms with Gasteiger partial charge in [-0.15, -0.1) is 0 Å². The number of ether oxygens (including phenoxy) is 1. The molecule has 1 amide bonds. The van der Waals surface area contributed by atoms with Crippen LogP contribution in [0, 0.1) is 0 Å². The van der Waals surface area contributed by atoms with Gasteiger partial charge in [-0.25, -0.2) is 8.42 Å². The second-order valence-corrected chi connectivity index (χ2v) is 11.9. The molecule has 206 valence electrons. The molecule has 0 saturated carbocycles. The summed E-state index contributed by atoms with van der Waals surface area (Å²) in [4.78, 5) is 14.8. The number of rotatable bonds is 9. The first kappa shape index (κ1) is 27.9. The lowest BCUT2D eigenvalue weighted by atomic mass is 9.96. The molecule has 0 aromatic heterocycles. The number of nitrogens with zero attached hydrogens (tertiary/aromatic N) is 2. The van der Waals surface area contributed by atoms with Gasteiger partial charge in [-0.05, 0) is 59.7 Å². The molecule has 40 heavy (non-hydrogen) atoms. The average molecular weight is 576 g/mol. The summed E-state index contributed by atoms with van der Waals surface area (Å²) in [5.41, 5.74) is 2.85. The van der Waals surface area contributed by atoms with E-state index in [-0.39, 0.29) is 23.5 Å². The molecular weight excluding hydrogens is 546 g/mol. The number of amides is 1. The van der Waals surface area contributed by atoms with E-state index in [0.717, 1.165) is 0 Å². The Bertz CT molecular complexity index is 1470. The fourth-order valence-corrected chi connectivity index (χ4v) is 6.37. The molecule has 1 saturated heterocycles. The van der Waals surface area contributed by atoms with Crippen LogP contribution in [-0.4, -0.2) is 56.3 Å². The maximum Gasteiger partial charge on any atom is 0.262 e. The minimum Gasteiger partial charge on any atom is -0.484 e. The largest absolute Gasteiger partial charge is 0.484 e. The van der Waals surface area contributed by atoms with Crippen LogP contribution in [0.1, 0.15) is 17.2 Å². The summed E-state index contributed by atoms with van der Waals surface area (Å²) in [5.74, 6) is 0.174. The summed E-state index contributed by atoms with van der Waals surface area (Å²) < 4.78 is 33.8. The van der Waals surface area contributed by atoms with Crippen LogP contribution in [0.3, 0.4) is 0 Å². The van der Waals surface area contributed by atoms with Gasteiger partial charge >= 0.3 is 0 Å². The van der Waals surface area contributed by atoms with Crippen molar-refractivity contribution in [1.82, 2.24) is 9.21 Å². The number of anilines is 1. The zero-order valence-corrected chi connectivity index (χ0v) is 23.4. The van der Waals surface area contributed by atoms with Crippen LogP contribution < -0.4 is 10.1 Å². The molecule has 0 unspecified atom stereocenters.